The third-order valence-corrected chi connectivity index (χ3v) is 3.56. The van der Waals surface area contributed by atoms with Crippen LogP contribution < -0.4 is 10.6 Å². The highest BCUT2D eigenvalue weighted by molar-refractivity contribution is 5.81. The van der Waals surface area contributed by atoms with E-state index in [0.29, 0.717) is 26.2 Å². The molecule has 0 spiro atoms. The molecule has 1 aliphatic rings. The molecule has 2 N–H and O–H groups in total. The molecule has 1 heterocycles. The zero-order valence-electron chi connectivity index (χ0n) is 15.0. The Morgan fingerprint density at radius 3 is 2.65 bits per heavy atom. The fraction of sp³-hybridized carbons (Fsp3) is 0.875. The number of rotatable bonds is 6. The standard InChI is InChI=1S/C16H31N3O4/c1-12(14(20)17-8-10-22-5)18-13-7-6-9-19(11-13)15(21)23-16(2,3)4/h12-13,18H,6-11H2,1-5H3,(H,17,20). The molecule has 23 heavy (non-hydrogen) atoms. The Kier molecular flexibility index (Phi) is 7.78. The van der Waals surface area contributed by atoms with E-state index in [2.05, 4.69) is 10.6 Å². The van der Waals surface area contributed by atoms with Gasteiger partial charge in [0.05, 0.1) is 12.6 Å². The number of carbonyl (C=O) groups is 2. The SMILES string of the molecule is COCCNC(=O)C(C)NC1CCCN(C(=O)OC(C)(C)C)C1. The summed E-state index contributed by atoms with van der Waals surface area (Å²) in [6, 6.07) is -0.213. The predicted octanol–water partition coefficient (Wildman–Crippen LogP) is 1.13. The number of nitrogens with one attached hydrogen (secondary N) is 2. The van der Waals surface area contributed by atoms with Crippen molar-refractivity contribution < 1.29 is 19.1 Å². The van der Waals surface area contributed by atoms with Crippen molar-refractivity contribution in [2.75, 3.05) is 33.4 Å². The van der Waals surface area contributed by atoms with Crippen LogP contribution in [0.4, 0.5) is 4.79 Å². The van der Waals surface area contributed by atoms with Crippen molar-refractivity contribution >= 4 is 12.0 Å². The van der Waals surface area contributed by atoms with E-state index in [0.717, 1.165) is 12.8 Å². The quantitative estimate of drug-likeness (QED) is 0.714. The van der Waals surface area contributed by atoms with Crippen molar-refractivity contribution in [3.8, 4) is 0 Å². The highest BCUT2D eigenvalue weighted by atomic mass is 16.6. The lowest BCUT2D eigenvalue weighted by molar-refractivity contribution is -0.123. The summed E-state index contributed by atoms with van der Waals surface area (Å²) in [6.45, 7) is 9.65. The van der Waals surface area contributed by atoms with Gasteiger partial charge in [0.15, 0.2) is 0 Å². The maximum atomic E-state index is 12.1. The van der Waals surface area contributed by atoms with Gasteiger partial charge in [0, 0.05) is 32.8 Å². The fourth-order valence-electron chi connectivity index (χ4n) is 2.46. The Morgan fingerprint density at radius 1 is 1.35 bits per heavy atom. The number of hydrogen-bond acceptors (Lipinski definition) is 5. The molecule has 1 fully saturated rings. The summed E-state index contributed by atoms with van der Waals surface area (Å²) in [5, 5.41) is 6.10. The van der Waals surface area contributed by atoms with Crippen LogP contribution in [0.15, 0.2) is 0 Å². The van der Waals surface area contributed by atoms with E-state index in [9.17, 15) is 9.59 Å². The second-order valence-electron chi connectivity index (χ2n) is 6.94. The number of ether oxygens (including phenoxy) is 2. The molecule has 1 aliphatic heterocycles. The number of piperidine rings is 1. The summed E-state index contributed by atoms with van der Waals surface area (Å²) in [5.74, 6) is -0.0589. The lowest BCUT2D eigenvalue weighted by Gasteiger charge is -2.35. The van der Waals surface area contributed by atoms with Crippen molar-refractivity contribution in [1.82, 2.24) is 15.5 Å². The lowest BCUT2D eigenvalue weighted by Crippen LogP contribution is -2.54. The van der Waals surface area contributed by atoms with Crippen LogP contribution in [0.2, 0.25) is 0 Å². The van der Waals surface area contributed by atoms with E-state index in [1.165, 1.54) is 0 Å². The van der Waals surface area contributed by atoms with Crippen LogP contribution in [0.5, 0.6) is 0 Å². The Balaban J connectivity index is 2.42. The second kappa shape index (κ2) is 9.08. The number of methoxy groups -OCH3 is 1. The van der Waals surface area contributed by atoms with Crippen LogP contribution >= 0.6 is 0 Å². The summed E-state index contributed by atoms with van der Waals surface area (Å²) in [4.78, 5) is 25.8. The van der Waals surface area contributed by atoms with Crippen LogP contribution in [-0.2, 0) is 14.3 Å². The summed E-state index contributed by atoms with van der Waals surface area (Å²) < 4.78 is 10.3. The van der Waals surface area contributed by atoms with Crippen molar-refractivity contribution in [2.24, 2.45) is 0 Å². The highest BCUT2D eigenvalue weighted by Crippen LogP contribution is 2.15. The second-order valence-corrected chi connectivity index (χ2v) is 6.94. The number of nitrogens with zero attached hydrogens (tertiary/aromatic N) is 1. The summed E-state index contributed by atoms with van der Waals surface area (Å²) >= 11 is 0. The van der Waals surface area contributed by atoms with Gasteiger partial charge in [-0.15, -0.1) is 0 Å². The van der Waals surface area contributed by atoms with Crippen LogP contribution in [0.1, 0.15) is 40.5 Å². The van der Waals surface area contributed by atoms with Crippen molar-refractivity contribution in [2.45, 2.75) is 58.2 Å². The number of likely N-dealkylation sites (tertiary alicyclic amines) is 1. The van der Waals surface area contributed by atoms with Gasteiger partial charge in [-0.3, -0.25) is 4.79 Å². The molecular weight excluding hydrogens is 298 g/mol. The number of hydrogen-bond donors (Lipinski definition) is 2. The zero-order valence-corrected chi connectivity index (χ0v) is 15.0. The van der Waals surface area contributed by atoms with E-state index >= 15 is 0 Å². The monoisotopic (exact) mass is 329 g/mol. The van der Waals surface area contributed by atoms with Crippen molar-refractivity contribution in [1.29, 1.82) is 0 Å². The molecule has 0 saturated carbocycles. The van der Waals surface area contributed by atoms with Gasteiger partial charge >= 0.3 is 6.09 Å². The molecule has 0 aliphatic carbocycles. The molecule has 0 aromatic carbocycles. The first kappa shape index (κ1) is 19.7. The normalized spacial score (nSPS) is 20.0. The molecule has 1 rings (SSSR count). The van der Waals surface area contributed by atoms with Crippen molar-refractivity contribution in [3.63, 3.8) is 0 Å². The smallest absolute Gasteiger partial charge is 0.410 e. The molecule has 7 nitrogen and oxygen atoms in total. The highest BCUT2D eigenvalue weighted by Gasteiger charge is 2.28. The molecule has 2 amide bonds. The largest absolute Gasteiger partial charge is 0.444 e. The Hall–Kier alpha value is -1.34. The van der Waals surface area contributed by atoms with E-state index in [4.69, 9.17) is 9.47 Å². The number of carbonyl (C=O) groups excluding carboxylic acids is 2. The minimum atomic E-state index is -0.494. The minimum absolute atomic E-state index is 0.0589. The Morgan fingerprint density at radius 2 is 2.04 bits per heavy atom. The van der Waals surface area contributed by atoms with E-state index < -0.39 is 5.60 Å². The summed E-state index contributed by atoms with van der Waals surface area (Å²) in [5.41, 5.74) is -0.494. The van der Waals surface area contributed by atoms with Crippen LogP contribution in [-0.4, -0.2) is 67.9 Å². The third kappa shape index (κ3) is 7.65. The van der Waals surface area contributed by atoms with Gasteiger partial charge in [-0.25, -0.2) is 4.79 Å². The zero-order chi connectivity index (χ0) is 17.5. The molecule has 0 aromatic heterocycles. The molecule has 0 bridgehead atoms. The fourth-order valence-corrected chi connectivity index (χ4v) is 2.46. The topological polar surface area (TPSA) is 79.9 Å². The average molecular weight is 329 g/mol. The van der Waals surface area contributed by atoms with Gasteiger partial charge in [0.25, 0.3) is 0 Å². The lowest BCUT2D eigenvalue weighted by atomic mass is 10.0. The first-order chi connectivity index (χ1) is 10.7. The molecule has 2 atom stereocenters. The maximum Gasteiger partial charge on any atom is 0.410 e. The van der Waals surface area contributed by atoms with Crippen LogP contribution in [0.25, 0.3) is 0 Å². The molecule has 0 aromatic rings. The van der Waals surface area contributed by atoms with E-state index in [1.807, 2.05) is 27.7 Å². The van der Waals surface area contributed by atoms with Crippen molar-refractivity contribution in [3.05, 3.63) is 0 Å². The summed E-state index contributed by atoms with van der Waals surface area (Å²) in [7, 11) is 1.60. The van der Waals surface area contributed by atoms with Gasteiger partial charge < -0.3 is 25.0 Å². The number of amides is 2. The third-order valence-electron chi connectivity index (χ3n) is 3.56. The Labute approximate surface area is 139 Å². The van der Waals surface area contributed by atoms with Crippen LogP contribution in [0.3, 0.4) is 0 Å². The first-order valence-corrected chi connectivity index (χ1v) is 8.23. The van der Waals surface area contributed by atoms with E-state index in [-0.39, 0.29) is 24.1 Å². The molecule has 1 saturated heterocycles. The van der Waals surface area contributed by atoms with E-state index in [1.54, 1.807) is 12.0 Å². The first-order valence-electron chi connectivity index (χ1n) is 8.23. The summed E-state index contributed by atoms with van der Waals surface area (Å²) in [6.07, 6.45) is 1.55. The van der Waals surface area contributed by atoms with Gasteiger partial charge in [-0.05, 0) is 40.5 Å². The van der Waals surface area contributed by atoms with Gasteiger partial charge in [0.2, 0.25) is 5.91 Å². The molecule has 0 radical (unpaired) electrons. The van der Waals surface area contributed by atoms with Gasteiger partial charge in [0.1, 0.15) is 5.60 Å². The molecule has 2 unspecified atom stereocenters. The maximum absolute atomic E-state index is 12.1. The van der Waals surface area contributed by atoms with Gasteiger partial charge in [-0.1, -0.05) is 0 Å². The molecular formula is C16H31N3O4. The molecule has 7 heteroatoms. The van der Waals surface area contributed by atoms with Gasteiger partial charge in [-0.2, -0.15) is 0 Å². The predicted molar refractivity (Wildman–Crippen MR) is 88.3 cm³/mol. The van der Waals surface area contributed by atoms with Crippen LogP contribution in [0, 0.1) is 0 Å². The Bertz CT molecular complexity index is 395. The minimum Gasteiger partial charge on any atom is -0.444 e. The molecule has 134 valence electrons. The average Bonchev–Trinajstić information content (AvgIpc) is 2.46.